The first-order valence-corrected chi connectivity index (χ1v) is 9.52. The van der Waals surface area contributed by atoms with Crippen LogP contribution in [-0.4, -0.2) is 44.8 Å². The van der Waals surface area contributed by atoms with Crippen LogP contribution in [0.25, 0.3) is 16.7 Å². The van der Waals surface area contributed by atoms with Crippen LogP contribution in [0.4, 0.5) is 5.82 Å². The van der Waals surface area contributed by atoms with Gasteiger partial charge in [0.15, 0.2) is 0 Å². The number of aryl methyl sites for hydroxylation is 1. The molecule has 1 N–H and O–H groups in total. The predicted octanol–water partition coefficient (Wildman–Crippen LogP) is 3.44. The van der Waals surface area contributed by atoms with E-state index in [2.05, 4.69) is 15.3 Å². The van der Waals surface area contributed by atoms with Gasteiger partial charge in [-0.05, 0) is 61.0 Å². The molecule has 2 amide bonds. The molecule has 0 aliphatic carbocycles. The molecule has 2 heterocycles. The van der Waals surface area contributed by atoms with Crippen molar-refractivity contribution in [3.63, 3.8) is 0 Å². The van der Waals surface area contributed by atoms with Crippen LogP contribution in [0.2, 0.25) is 0 Å². The second kappa shape index (κ2) is 8.16. The fourth-order valence-electron chi connectivity index (χ4n) is 3.22. The van der Waals surface area contributed by atoms with Gasteiger partial charge in [-0.25, -0.2) is 9.97 Å². The van der Waals surface area contributed by atoms with Gasteiger partial charge in [-0.1, -0.05) is 12.1 Å². The van der Waals surface area contributed by atoms with Gasteiger partial charge in [0.25, 0.3) is 5.91 Å². The average Bonchev–Trinajstić information content (AvgIpc) is 3.17. The minimum Gasteiger partial charge on any atom is -0.332 e. The topological polar surface area (TPSA) is 80.1 Å². The molecular weight excluding hydrogens is 378 g/mol. The van der Waals surface area contributed by atoms with Crippen LogP contribution in [0.5, 0.6) is 0 Å². The quantitative estimate of drug-likeness (QED) is 0.557. The zero-order valence-electron chi connectivity index (χ0n) is 16.7. The Morgan fingerprint density at radius 2 is 1.80 bits per heavy atom. The van der Waals surface area contributed by atoms with Gasteiger partial charge in [0.2, 0.25) is 5.91 Å². The third kappa shape index (κ3) is 4.05. The highest BCUT2D eigenvalue weighted by molar-refractivity contribution is 5.99. The lowest BCUT2D eigenvalue weighted by Crippen LogP contribution is -2.35. The molecule has 7 heteroatoms. The van der Waals surface area contributed by atoms with Crippen LogP contribution in [0.3, 0.4) is 0 Å². The van der Waals surface area contributed by atoms with Crippen molar-refractivity contribution in [2.24, 2.45) is 0 Å². The molecule has 0 aliphatic heterocycles. The summed E-state index contributed by atoms with van der Waals surface area (Å²) in [5, 5.41) is 2.71. The van der Waals surface area contributed by atoms with Crippen molar-refractivity contribution in [2.75, 3.05) is 18.9 Å². The van der Waals surface area contributed by atoms with Crippen molar-refractivity contribution in [2.45, 2.75) is 6.92 Å². The van der Waals surface area contributed by atoms with Gasteiger partial charge in [0.1, 0.15) is 12.1 Å². The number of nitrogens with zero attached hydrogens (tertiary/aromatic N) is 4. The Hall–Kier alpha value is -4.00. The van der Waals surface area contributed by atoms with E-state index in [-0.39, 0.29) is 18.4 Å². The first-order valence-electron chi connectivity index (χ1n) is 9.52. The van der Waals surface area contributed by atoms with E-state index >= 15 is 0 Å². The number of imidazole rings is 1. The second-order valence-electron chi connectivity index (χ2n) is 7.08. The Morgan fingerprint density at radius 1 is 1.03 bits per heavy atom. The normalized spacial score (nSPS) is 10.7. The summed E-state index contributed by atoms with van der Waals surface area (Å²) >= 11 is 0. The Balaban J connectivity index is 1.43. The SMILES string of the molecule is Cc1ccnc(NC(=O)CN(C)C(=O)c2ccc(-n3cnc4ccccc43)cc2)c1. The molecular formula is C23H21N5O2. The molecule has 0 saturated heterocycles. The van der Waals surface area contributed by atoms with E-state index < -0.39 is 0 Å². The van der Waals surface area contributed by atoms with Crippen molar-refractivity contribution in [1.29, 1.82) is 0 Å². The Kier molecular flexibility index (Phi) is 5.26. The Bertz CT molecular complexity index is 1210. The molecule has 0 aliphatic rings. The number of nitrogens with one attached hydrogen (secondary N) is 1. The number of likely N-dealkylation sites (N-methyl/N-ethyl adjacent to an activating group) is 1. The number of hydrogen-bond acceptors (Lipinski definition) is 4. The minimum atomic E-state index is -0.301. The van der Waals surface area contributed by atoms with E-state index in [1.807, 2.05) is 54.0 Å². The number of fused-ring (bicyclic) bond motifs is 1. The van der Waals surface area contributed by atoms with Crippen molar-refractivity contribution in [3.8, 4) is 5.69 Å². The van der Waals surface area contributed by atoms with Gasteiger partial charge >= 0.3 is 0 Å². The summed E-state index contributed by atoms with van der Waals surface area (Å²) in [4.78, 5) is 34.8. The largest absolute Gasteiger partial charge is 0.332 e. The molecule has 4 aromatic rings. The smallest absolute Gasteiger partial charge is 0.254 e. The van der Waals surface area contributed by atoms with E-state index in [1.165, 1.54) is 4.90 Å². The maximum Gasteiger partial charge on any atom is 0.254 e. The van der Waals surface area contributed by atoms with E-state index in [9.17, 15) is 9.59 Å². The Labute approximate surface area is 174 Å². The van der Waals surface area contributed by atoms with Crippen molar-refractivity contribution in [3.05, 3.63) is 84.3 Å². The highest BCUT2D eigenvalue weighted by atomic mass is 16.2. The molecule has 0 unspecified atom stereocenters. The predicted molar refractivity (Wildman–Crippen MR) is 116 cm³/mol. The number of pyridine rings is 1. The molecule has 150 valence electrons. The van der Waals surface area contributed by atoms with E-state index in [0.29, 0.717) is 11.4 Å². The molecule has 7 nitrogen and oxygen atoms in total. The molecule has 4 rings (SSSR count). The number of aromatic nitrogens is 3. The molecule has 30 heavy (non-hydrogen) atoms. The first kappa shape index (κ1) is 19.3. The molecule has 0 radical (unpaired) electrons. The molecule has 0 atom stereocenters. The van der Waals surface area contributed by atoms with Crippen molar-refractivity contribution in [1.82, 2.24) is 19.4 Å². The lowest BCUT2D eigenvalue weighted by atomic mass is 10.1. The van der Waals surface area contributed by atoms with Crippen molar-refractivity contribution < 1.29 is 9.59 Å². The molecule has 2 aromatic heterocycles. The number of rotatable bonds is 5. The zero-order chi connectivity index (χ0) is 21.1. The van der Waals surface area contributed by atoms with E-state index in [4.69, 9.17) is 0 Å². The standard InChI is InChI=1S/C23H21N5O2/c1-16-11-12-24-21(13-16)26-22(29)14-27(2)23(30)17-7-9-18(10-8-17)28-15-25-19-5-3-4-6-20(19)28/h3-13,15H,14H2,1-2H3,(H,24,26,29). The lowest BCUT2D eigenvalue weighted by molar-refractivity contribution is -0.116. The fraction of sp³-hybridized carbons (Fsp3) is 0.130. The fourth-order valence-corrected chi connectivity index (χ4v) is 3.22. The summed E-state index contributed by atoms with van der Waals surface area (Å²) in [5.41, 5.74) is 4.32. The first-order chi connectivity index (χ1) is 14.5. The number of carbonyl (C=O) groups is 2. The number of hydrogen-bond donors (Lipinski definition) is 1. The van der Waals surface area contributed by atoms with Crippen LogP contribution >= 0.6 is 0 Å². The summed E-state index contributed by atoms with van der Waals surface area (Å²) in [6.45, 7) is 1.85. The van der Waals surface area contributed by atoms with Gasteiger partial charge in [-0.2, -0.15) is 0 Å². The van der Waals surface area contributed by atoms with Crippen LogP contribution < -0.4 is 5.32 Å². The highest BCUT2D eigenvalue weighted by Gasteiger charge is 2.16. The van der Waals surface area contributed by atoms with Crippen LogP contribution in [0.15, 0.2) is 73.2 Å². The van der Waals surface area contributed by atoms with Gasteiger partial charge in [-0.3, -0.25) is 14.2 Å². The maximum atomic E-state index is 12.7. The minimum absolute atomic E-state index is 0.0671. The van der Waals surface area contributed by atoms with Gasteiger partial charge in [0, 0.05) is 24.5 Å². The summed E-state index contributed by atoms with van der Waals surface area (Å²) in [7, 11) is 1.60. The summed E-state index contributed by atoms with van der Waals surface area (Å²) < 4.78 is 1.97. The monoisotopic (exact) mass is 399 g/mol. The number of para-hydroxylation sites is 2. The molecule has 0 bridgehead atoms. The van der Waals surface area contributed by atoms with Gasteiger partial charge in [-0.15, -0.1) is 0 Å². The third-order valence-corrected chi connectivity index (χ3v) is 4.76. The van der Waals surface area contributed by atoms with Crippen LogP contribution in [0.1, 0.15) is 15.9 Å². The molecule has 0 spiro atoms. The highest BCUT2D eigenvalue weighted by Crippen LogP contribution is 2.18. The zero-order valence-corrected chi connectivity index (χ0v) is 16.7. The molecule has 2 aromatic carbocycles. The summed E-state index contributed by atoms with van der Waals surface area (Å²) in [6, 6.07) is 18.7. The second-order valence-corrected chi connectivity index (χ2v) is 7.08. The lowest BCUT2D eigenvalue weighted by Gasteiger charge is -2.17. The Morgan fingerprint density at radius 3 is 2.57 bits per heavy atom. The van der Waals surface area contributed by atoms with E-state index in [1.54, 1.807) is 37.8 Å². The van der Waals surface area contributed by atoms with Crippen LogP contribution in [-0.2, 0) is 4.79 Å². The van der Waals surface area contributed by atoms with Crippen molar-refractivity contribution >= 4 is 28.7 Å². The average molecular weight is 399 g/mol. The van der Waals surface area contributed by atoms with E-state index in [0.717, 1.165) is 22.3 Å². The maximum absolute atomic E-state index is 12.7. The number of carbonyl (C=O) groups excluding carboxylic acids is 2. The number of anilines is 1. The van der Waals surface area contributed by atoms with Crippen LogP contribution in [0, 0.1) is 6.92 Å². The summed E-state index contributed by atoms with van der Waals surface area (Å²) in [5.74, 6) is -0.0624. The summed E-state index contributed by atoms with van der Waals surface area (Å²) in [6.07, 6.45) is 3.39. The van der Waals surface area contributed by atoms with Gasteiger partial charge < -0.3 is 10.2 Å². The third-order valence-electron chi connectivity index (χ3n) is 4.76. The molecule has 0 saturated carbocycles. The molecule has 0 fully saturated rings. The van der Waals surface area contributed by atoms with Gasteiger partial charge in [0.05, 0.1) is 17.6 Å². The number of amides is 2. The number of benzene rings is 2.